The van der Waals surface area contributed by atoms with E-state index in [4.69, 9.17) is 4.74 Å². The van der Waals surface area contributed by atoms with Gasteiger partial charge in [0.1, 0.15) is 11.3 Å². The molecule has 124 valence electrons. The summed E-state index contributed by atoms with van der Waals surface area (Å²) in [6.07, 6.45) is 2.02. The molecule has 0 saturated heterocycles. The molecule has 23 heavy (non-hydrogen) atoms. The summed E-state index contributed by atoms with van der Waals surface area (Å²) in [7, 11) is 1.62. The van der Waals surface area contributed by atoms with Gasteiger partial charge in [-0.05, 0) is 66.2 Å². The molecule has 1 aromatic carbocycles. The fourth-order valence-corrected chi connectivity index (χ4v) is 3.09. The van der Waals surface area contributed by atoms with E-state index in [1.807, 2.05) is 25.1 Å². The van der Waals surface area contributed by atoms with Crippen molar-refractivity contribution >= 4 is 21.8 Å². The number of methoxy groups -OCH3 is 1. The van der Waals surface area contributed by atoms with E-state index < -0.39 is 5.54 Å². The second-order valence-electron chi connectivity index (χ2n) is 6.13. The molecule has 0 aromatic heterocycles. The van der Waals surface area contributed by atoms with Crippen molar-refractivity contribution in [2.45, 2.75) is 38.3 Å². The van der Waals surface area contributed by atoms with Crippen molar-refractivity contribution in [3.63, 3.8) is 0 Å². The largest absolute Gasteiger partial charge is 0.496 e. The van der Waals surface area contributed by atoms with Gasteiger partial charge < -0.3 is 15.4 Å². The Bertz CT molecular complexity index is 625. The minimum atomic E-state index is -0.745. The number of amides is 1. The number of carbonyl (C=O) groups is 1. The highest BCUT2D eigenvalue weighted by molar-refractivity contribution is 9.10. The van der Waals surface area contributed by atoms with E-state index in [2.05, 4.69) is 32.6 Å². The standard InChI is InChI=1S/C17H22BrN3O2/c1-11(12-4-7-15(23-3)14(18)8-12)20-9-16(22)21-17(2,10-19)13-5-6-13/h4,7-8,11,13,20H,5-6,9H2,1-3H3,(H,21,22)/t11-,17-/m1/s1. The average molecular weight is 380 g/mol. The second kappa shape index (κ2) is 7.33. The molecule has 0 bridgehead atoms. The Labute approximate surface area is 145 Å². The lowest BCUT2D eigenvalue weighted by atomic mass is 9.98. The molecule has 2 atom stereocenters. The summed E-state index contributed by atoms with van der Waals surface area (Å²) >= 11 is 3.46. The molecule has 1 aromatic rings. The van der Waals surface area contributed by atoms with Crippen molar-refractivity contribution in [2.75, 3.05) is 13.7 Å². The Morgan fingerprint density at radius 1 is 1.57 bits per heavy atom. The summed E-state index contributed by atoms with van der Waals surface area (Å²) in [5.74, 6) is 0.903. The van der Waals surface area contributed by atoms with Crippen LogP contribution in [-0.2, 0) is 4.79 Å². The van der Waals surface area contributed by atoms with E-state index in [1.165, 1.54) is 0 Å². The van der Waals surface area contributed by atoms with Gasteiger partial charge in [-0.3, -0.25) is 4.79 Å². The summed E-state index contributed by atoms with van der Waals surface area (Å²) in [4.78, 5) is 12.1. The van der Waals surface area contributed by atoms with E-state index in [1.54, 1.807) is 14.0 Å². The van der Waals surface area contributed by atoms with Crippen LogP contribution in [0.4, 0.5) is 0 Å². The fourth-order valence-electron chi connectivity index (χ4n) is 2.53. The minimum Gasteiger partial charge on any atom is -0.496 e. The van der Waals surface area contributed by atoms with Gasteiger partial charge in [0.2, 0.25) is 5.91 Å². The first-order chi connectivity index (χ1) is 10.9. The third kappa shape index (κ3) is 4.46. The maximum Gasteiger partial charge on any atom is 0.235 e. The van der Waals surface area contributed by atoms with Crippen molar-refractivity contribution < 1.29 is 9.53 Å². The quantitative estimate of drug-likeness (QED) is 0.763. The van der Waals surface area contributed by atoms with Gasteiger partial charge in [0, 0.05) is 6.04 Å². The zero-order valence-electron chi connectivity index (χ0n) is 13.6. The van der Waals surface area contributed by atoms with Gasteiger partial charge in [0.15, 0.2) is 0 Å². The molecule has 0 radical (unpaired) electrons. The number of nitriles is 1. The summed E-state index contributed by atoms with van der Waals surface area (Å²) in [5.41, 5.74) is 0.307. The van der Waals surface area contributed by atoms with E-state index >= 15 is 0 Å². The Hall–Kier alpha value is -1.58. The zero-order valence-corrected chi connectivity index (χ0v) is 15.2. The van der Waals surface area contributed by atoms with Crippen LogP contribution in [0.5, 0.6) is 5.75 Å². The first-order valence-electron chi connectivity index (χ1n) is 7.68. The van der Waals surface area contributed by atoms with Gasteiger partial charge >= 0.3 is 0 Å². The molecule has 0 spiro atoms. The minimum absolute atomic E-state index is 0.0113. The van der Waals surface area contributed by atoms with Crippen LogP contribution in [0.1, 0.15) is 38.3 Å². The number of ether oxygens (including phenoxy) is 1. The Morgan fingerprint density at radius 2 is 2.26 bits per heavy atom. The molecule has 1 amide bonds. The number of benzene rings is 1. The Kier molecular flexibility index (Phi) is 5.66. The predicted octanol–water partition coefficient (Wildman–Crippen LogP) is 2.92. The smallest absolute Gasteiger partial charge is 0.235 e. The molecule has 6 heteroatoms. The summed E-state index contributed by atoms with van der Waals surface area (Å²) < 4.78 is 6.09. The average Bonchev–Trinajstić information content (AvgIpc) is 3.37. The van der Waals surface area contributed by atoms with Crippen LogP contribution in [-0.4, -0.2) is 25.1 Å². The van der Waals surface area contributed by atoms with Crippen LogP contribution in [0, 0.1) is 17.2 Å². The van der Waals surface area contributed by atoms with Crippen molar-refractivity contribution in [1.82, 2.24) is 10.6 Å². The number of carbonyl (C=O) groups excluding carboxylic acids is 1. The van der Waals surface area contributed by atoms with Crippen LogP contribution in [0.15, 0.2) is 22.7 Å². The maximum atomic E-state index is 12.1. The number of rotatable bonds is 7. The number of hydrogen-bond donors (Lipinski definition) is 2. The summed E-state index contributed by atoms with van der Waals surface area (Å²) in [6, 6.07) is 8.06. The van der Waals surface area contributed by atoms with E-state index in [9.17, 15) is 10.1 Å². The van der Waals surface area contributed by atoms with Crippen molar-refractivity contribution in [2.24, 2.45) is 5.92 Å². The molecule has 5 nitrogen and oxygen atoms in total. The number of nitrogens with one attached hydrogen (secondary N) is 2. The number of halogens is 1. The maximum absolute atomic E-state index is 12.1. The van der Waals surface area contributed by atoms with Crippen molar-refractivity contribution in [1.29, 1.82) is 5.26 Å². The second-order valence-corrected chi connectivity index (χ2v) is 6.99. The molecule has 1 aliphatic carbocycles. The predicted molar refractivity (Wildman–Crippen MR) is 92.0 cm³/mol. The van der Waals surface area contributed by atoms with E-state index in [-0.39, 0.29) is 24.4 Å². The highest BCUT2D eigenvalue weighted by Crippen LogP contribution is 2.39. The first kappa shape index (κ1) is 17.8. The topological polar surface area (TPSA) is 74.2 Å². The molecular formula is C17H22BrN3O2. The highest BCUT2D eigenvalue weighted by Gasteiger charge is 2.42. The Morgan fingerprint density at radius 3 is 2.78 bits per heavy atom. The van der Waals surface area contributed by atoms with Gasteiger partial charge in [-0.2, -0.15) is 5.26 Å². The molecule has 1 aliphatic rings. The molecule has 0 aliphatic heterocycles. The van der Waals surface area contributed by atoms with E-state index in [0.29, 0.717) is 0 Å². The summed E-state index contributed by atoms with van der Waals surface area (Å²) in [5, 5.41) is 15.3. The van der Waals surface area contributed by atoms with Crippen molar-refractivity contribution in [3.8, 4) is 11.8 Å². The van der Waals surface area contributed by atoms with Crippen LogP contribution >= 0.6 is 15.9 Å². The lowest BCUT2D eigenvalue weighted by Crippen LogP contribution is -2.49. The molecular weight excluding hydrogens is 358 g/mol. The van der Waals surface area contributed by atoms with Crippen molar-refractivity contribution in [3.05, 3.63) is 28.2 Å². The van der Waals surface area contributed by atoms with Gasteiger partial charge in [-0.1, -0.05) is 6.07 Å². The molecule has 2 rings (SSSR count). The van der Waals surface area contributed by atoms with Gasteiger partial charge in [-0.25, -0.2) is 0 Å². The highest BCUT2D eigenvalue weighted by atomic mass is 79.9. The molecule has 0 unspecified atom stereocenters. The van der Waals surface area contributed by atoms with Crippen LogP contribution < -0.4 is 15.4 Å². The third-order valence-corrected chi connectivity index (χ3v) is 4.89. The molecule has 1 fully saturated rings. The normalized spacial score (nSPS) is 17.7. The lowest BCUT2D eigenvalue weighted by Gasteiger charge is -2.23. The lowest BCUT2D eigenvalue weighted by molar-refractivity contribution is -0.121. The SMILES string of the molecule is COc1ccc([C@@H](C)NCC(=O)N[C@](C)(C#N)C2CC2)cc1Br. The fraction of sp³-hybridized carbons (Fsp3) is 0.529. The Balaban J connectivity index is 1.88. The van der Waals surface area contributed by atoms with E-state index in [0.717, 1.165) is 28.6 Å². The molecule has 2 N–H and O–H groups in total. The number of hydrogen-bond acceptors (Lipinski definition) is 4. The third-order valence-electron chi connectivity index (χ3n) is 4.27. The van der Waals surface area contributed by atoms with Gasteiger partial charge in [0.25, 0.3) is 0 Å². The van der Waals surface area contributed by atoms with Gasteiger partial charge in [-0.15, -0.1) is 0 Å². The zero-order chi connectivity index (χ0) is 17.0. The first-order valence-corrected chi connectivity index (χ1v) is 8.48. The monoisotopic (exact) mass is 379 g/mol. The molecule has 1 saturated carbocycles. The summed E-state index contributed by atoms with van der Waals surface area (Å²) in [6.45, 7) is 3.97. The van der Waals surface area contributed by atoms with Crippen LogP contribution in [0.3, 0.4) is 0 Å². The van der Waals surface area contributed by atoms with Gasteiger partial charge in [0.05, 0.1) is 24.2 Å². The molecule has 0 heterocycles. The van der Waals surface area contributed by atoms with Crippen LogP contribution in [0.2, 0.25) is 0 Å². The van der Waals surface area contributed by atoms with Crippen LogP contribution in [0.25, 0.3) is 0 Å². The number of nitrogens with zero attached hydrogens (tertiary/aromatic N) is 1.